The average Bonchev–Trinajstić information content (AvgIpc) is 2.72. The molecule has 10 heteroatoms. The Kier molecular flexibility index (Phi) is 6.28. The van der Waals surface area contributed by atoms with E-state index < -0.39 is 23.7 Å². The number of carboxylic acids is 1. The third-order valence-electron chi connectivity index (χ3n) is 4.05. The van der Waals surface area contributed by atoms with Gasteiger partial charge in [0.15, 0.2) is 0 Å². The Morgan fingerprint density at radius 2 is 1.73 bits per heavy atom. The lowest BCUT2D eigenvalue weighted by Gasteiger charge is -2.17. The van der Waals surface area contributed by atoms with Crippen molar-refractivity contribution < 1.29 is 14.7 Å². The highest BCUT2D eigenvalue weighted by molar-refractivity contribution is 5.92. The summed E-state index contributed by atoms with van der Waals surface area (Å²) < 4.78 is 0. The first-order valence-electron chi connectivity index (χ1n) is 8.96. The fourth-order valence-electron chi connectivity index (χ4n) is 2.54. The van der Waals surface area contributed by atoms with Crippen molar-refractivity contribution in [2.45, 2.75) is 13.1 Å². The predicted octanol–water partition coefficient (Wildman–Crippen LogP) is 2.47. The minimum absolute atomic E-state index is 0.133. The van der Waals surface area contributed by atoms with Gasteiger partial charge in [0.25, 0.3) is 5.56 Å². The fraction of sp³-hybridized carbons (Fsp3) is 0.100. The summed E-state index contributed by atoms with van der Waals surface area (Å²) in [5.41, 5.74) is 1.52. The van der Waals surface area contributed by atoms with Crippen LogP contribution in [-0.4, -0.2) is 33.2 Å². The number of amides is 2. The minimum Gasteiger partial charge on any atom is -0.478 e. The van der Waals surface area contributed by atoms with E-state index in [1.807, 2.05) is 31.2 Å². The van der Waals surface area contributed by atoms with Gasteiger partial charge in [-0.25, -0.2) is 14.6 Å². The maximum atomic E-state index is 12.3. The molecule has 10 nitrogen and oxygen atoms in total. The second-order valence-electron chi connectivity index (χ2n) is 6.29. The molecular weight excluding hydrogens is 388 g/mol. The van der Waals surface area contributed by atoms with Gasteiger partial charge in [-0.05, 0) is 30.7 Å². The van der Waals surface area contributed by atoms with Crippen LogP contribution in [0.1, 0.15) is 5.56 Å². The number of aryl methyl sites for hydroxylation is 1. The molecular formula is C20H20N6O4. The number of anilines is 4. The van der Waals surface area contributed by atoms with Gasteiger partial charge < -0.3 is 26.4 Å². The Balaban J connectivity index is 1.65. The van der Waals surface area contributed by atoms with Crippen molar-refractivity contribution in [3.63, 3.8) is 0 Å². The molecule has 3 aromatic rings. The van der Waals surface area contributed by atoms with Gasteiger partial charge in [0.1, 0.15) is 5.69 Å². The number of rotatable bonds is 7. The number of para-hydroxylation sites is 2. The lowest BCUT2D eigenvalue weighted by atomic mass is 10.2. The van der Waals surface area contributed by atoms with E-state index in [9.17, 15) is 19.5 Å². The van der Waals surface area contributed by atoms with E-state index in [0.29, 0.717) is 5.69 Å². The zero-order chi connectivity index (χ0) is 21.5. The molecule has 2 aromatic carbocycles. The molecule has 1 heterocycles. The van der Waals surface area contributed by atoms with Crippen molar-refractivity contribution in [3.05, 3.63) is 76.7 Å². The Morgan fingerprint density at radius 3 is 2.40 bits per heavy atom. The largest absolute Gasteiger partial charge is 0.478 e. The SMILES string of the molecule is Cc1ccccc1Nc1ncc(NC(=O)N[C@H](Nc2ccccc2)C(=O)O)c(=O)[nH]1. The van der Waals surface area contributed by atoms with Gasteiger partial charge in [-0.2, -0.15) is 0 Å². The van der Waals surface area contributed by atoms with E-state index >= 15 is 0 Å². The molecule has 0 bridgehead atoms. The van der Waals surface area contributed by atoms with Crippen LogP contribution in [-0.2, 0) is 4.79 Å². The summed E-state index contributed by atoms with van der Waals surface area (Å²) in [6, 6.07) is 15.1. The molecule has 0 saturated carbocycles. The van der Waals surface area contributed by atoms with E-state index in [2.05, 4.69) is 31.2 Å². The molecule has 30 heavy (non-hydrogen) atoms. The molecule has 2 amide bonds. The van der Waals surface area contributed by atoms with Gasteiger partial charge in [-0.15, -0.1) is 0 Å². The molecule has 6 N–H and O–H groups in total. The number of nitrogens with zero attached hydrogens (tertiary/aromatic N) is 1. The molecule has 0 fully saturated rings. The van der Waals surface area contributed by atoms with Crippen LogP contribution in [0.3, 0.4) is 0 Å². The number of benzene rings is 2. The maximum Gasteiger partial charge on any atom is 0.347 e. The first-order valence-corrected chi connectivity index (χ1v) is 8.96. The van der Waals surface area contributed by atoms with Crippen molar-refractivity contribution in [1.29, 1.82) is 0 Å². The highest BCUT2D eigenvalue weighted by Gasteiger charge is 2.20. The third-order valence-corrected chi connectivity index (χ3v) is 4.05. The monoisotopic (exact) mass is 408 g/mol. The van der Waals surface area contributed by atoms with Crippen LogP contribution in [0.15, 0.2) is 65.6 Å². The quantitative estimate of drug-likeness (QED) is 0.329. The number of carbonyl (C=O) groups is 2. The van der Waals surface area contributed by atoms with Crippen molar-refractivity contribution in [1.82, 2.24) is 15.3 Å². The molecule has 3 rings (SSSR count). The number of carbonyl (C=O) groups excluding carboxylic acids is 1. The second-order valence-corrected chi connectivity index (χ2v) is 6.29. The van der Waals surface area contributed by atoms with Crippen LogP contribution < -0.4 is 26.8 Å². The zero-order valence-corrected chi connectivity index (χ0v) is 16.0. The van der Waals surface area contributed by atoms with Crippen LogP contribution in [0.25, 0.3) is 0 Å². The van der Waals surface area contributed by atoms with E-state index in [4.69, 9.17) is 0 Å². The molecule has 0 radical (unpaired) electrons. The fourth-order valence-corrected chi connectivity index (χ4v) is 2.54. The van der Waals surface area contributed by atoms with Gasteiger partial charge in [-0.3, -0.25) is 9.78 Å². The molecule has 0 aliphatic rings. The van der Waals surface area contributed by atoms with Gasteiger partial charge in [0.2, 0.25) is 12.1 Å². The summed E-state index contributed by atoms with van der Waals surface area (Å²) in [6.45, 7) is 1.91. The number of hydrogen-bond donors (Lipinski definition) is 6. The summed E-state index contributed by atoms with van der Waals surface area (Å²) in [7, 11) is 0. The first kappa shape index (κ1) is 20.4. The van der Waals surface area contributed by atoms with Crippen LogP contribution in [0.2, 0.25) is 0 Å². The Bertz CT molecular complexity index is 1100. The average molecular weight is 408 g/mol. The van der Waals surface area contributed by atoms with Crippen molar-refractivity contribution in [2.75, 3.05) is 16.0 Å². The summed E-state index contributed by atoms with van der Waals surface area (Å²) in [4.78, 5) is 42.4. The topological polar surface area (TPSA) is 148 Å². The number of aromatic nitrogens is 2. The lowest BCUT2D eigenvalue weighted by molar-refractivity contribution is -0.138. The first-order chi connectivity index (χ1) is 14.4. The smallest absolute Gasteiger partial charge is 0.347 e. The molecule has 0 saturated heterocycles. The molecule has 1 aromatic heterocycles. The van der Waals surface area contributed by atoms with Crippen LogP contribution >= 0.6 is 0 Å². The van der Waals surface area contributed by atoms with E-state index in [0.717, 1.165) is 11.3 Å². The number of hydrogen-bond acceptors (Lipinski definition) is 6. The number of aliphatic carboxylic acids is 1. The Labute approximate surface area is 171 Å². The third kappa shape index (κ3) is 5.35. The van der Waals surface area contributed by atoms with Gasteiger partial charge >= 0.3 is 12.0 Å². The zero-order valence-electron chi connectivity index (χ0n) is 16.0. The lowest BCUT2D eigenvalue weighted by Crippen LogP contribution is -2.48. The van der Waals surface area contributed by atoms with Gasteiger partial charge in [0, 0.05) is 11.4 Å². The summed E-state index contributed by atoms with van der Waals surface area (Å²) in [5, 5.41) is 19.5. The molecule has 0 aliphatic heterocycles. The van der Waals surface area contributed by atoms with Crippen molar-refractivity contribution in [3.8, 4) is 0 Å². The normalized spacial score (nSPS) is 11.2. The standard InChI is InChI=1S/C20H20N6O4/c1-12-7-5-6-10-14(12)23-19-21-11-15(17(27)26-19)24-20(30)25-16(18(28)29)22-13-8-3-2-4-9-13/h2-11,16,22H,1H3,(H,28,29)(H2,24,25,30)(H2,21,23,26,27)/t16-/m0/s1. The number of nitrogens with one attached hydrogen (secondary N) is 5. The van der Waals surface area contributed by atoms with Gasteiger partial charge in [-0.1, -0.05) is 36.4 Å². The number of aromatic amines is 1. The molecule has 0 spiro atoms. The molecule has 154 valence electrons. The minimum atomic E-state index is -1.40. The summed E-state index contributed by atoms with van der Waals surface area (Å²) in [6.07, 6.45) is -0.221. The number of H-pyrrole nitrogens is 1. The highest BCUT2D eigenvalue weighted by atomic mass is 16.4. The summed E-state index contributed by atoms with van der Waals surface area (Å²) in [5.74, 6) is -1.09. The Hall–Kier alpha value is -4.34. The number of urea groups is 1. The highest BCUT2D eigenvalue weighted by Crippen LogP contribution is 2.16. The maximum absolute atomic E-state index is 12.3. The molecule has 1 atom stereocenters. The predicted molar refractivity (Wildman–Crippen MR) is 113 cm³/mol. The van der Waals surface area contributed by atoms with E-state index in [1.165, 1.54) is 6.20 Å². The molecule has 0 unspecified atom stereocenters. The number of carboxylic acid groups (broad SMARTS) is 1. The van der Waals surface area contributed by atoms with E-state index in [-0.39, 0.29) is 11.6 Å². The van der Waals surface area contributed by atoms with E-state index in [1.54, 1.807) is 30.3 Å². The van der Waals surface area contributed by atoms with Crippen molar-refractivity contribution in [2.24, 2.45) is 0 Å². The molecule has 0 aliphatic carbocycles. The van der Waals surface area contributed by atoms with Crippen molar-refractivity contribution >= 4 is 35.0 Å². The van der Waals surface area contributed by atoms with Crippen LogP contribution in [0, 0.1) is 6.92 Å². The second kappa shape index (κ2) is 9.24. The summed E-state index contributed by atoms with van der Waals surface area (Å²) >= 11 is 0. The van der Waals surface area contributed by atoms with Gasteiger partial charge in [0.05, 0.1) is 6.20 Å². The Morgan fingerprint density at radius 1 is 1.03 bits per heavy atom. The van der Waals surface area contributed by atoms with Crippen LogP contribution in [0.5, 0.6) is 0 Å². The van der Waals surface area contributed by atoms with Crippen LogP contribution in [0.4, 0.5) is 27.8 Å².